The third-order valence-corrected chi connectivity index (χ3v) is 3.93. The van der Waals surface area contributed by atoms with Crippen LogP contribution in [0.2, 0.25) is 0 Å². The van der Waals surface area contributed by atoms with Gasteiger partial charge >= 0.3 is 0 Å². The van der Waals surface area contributed by atoms with E-state index in [0.29, 0.717) is 6.54 Å². The summed E-state index contributed by atoms with van der Waals surface area (Å²) in [5.41, 5.74) is 1.17. The molecule has 0 aliphatic heterocycles. The van der Waals surface area contributed by atoms with Crippen LogP contribution in [0.4, 0.5) is 0 Å². The van der Waals surface area contributed by atoms with E-state index in [2.05, 4.69) is 17.5 Å². The van der Waals surface area contributed by atoms with Crippen LogP contribution in [0.25, 0.3) is 0 Å². The molecule has 0 saturated heterocycles. The Hall–Kier alpha value is -2.10. The van der Waals surface area contributed by atoms with E-state index in [4.69, 9.17) is 0 Å². The molecule has 0 radical (unpaired) electrons. The Morgan fingerprint density at radius 3 is 2.64 bits per heavy atom. The van der Waals surface area contributed by atoms with Gasteiger partial charge < -0.3 is 10.2 Å². The molecule has 1 N–H and O–H groups in total. The number of hydrogen-bond donors (Lipinski definition) is 1. The lowest BCUT2D eigenvalue weighted by molar-refractivity contribution is -0.134. The van der Waals surface area contributed by atoms with Gasteiger partial charge in [0.2, 0.25) is 11.8 Å². The van der Waals surface area contributed by atoms with E-state index in [1.165, 1.54) is 12.5 Å². The summed E-state index contributed by atoms with van der Waals surface area (Å²) in [6.07, 6.45) is 7.88. The van der Waals surface area contributed by atoms with Crippen molar-refractivity contribution in [2.45, 2.75) is 38.6 Å². The minimum absolute atomic E-state index is 0.0605. The number of nitrogens with one attached hydrogen (secondary N) is 1. The summed E-state index contributed by atoms with van der Waals surface area (Å²) in [6.45, 7) is 2.22. The molecule has 0 bridgehead atoms. The molecule has 1 aliphatic carbocycles. The Morgan fingerprint density at radius 1 is 1.23 bits per heavy atom. The van der Waals surface area contributed by atoms with Gasteiger partial charge in [-0.15, -0.1) is 0 Å². The summed E-state index contributed by atoms with van der Waals surface area (Å²) >= 11 is 0. The van der Waals surface area contributed by atoms with E-state index in [1.54, 1.807) is 4.90 Å². The molecule has 0 fully saturated rings. The molecule has 2 rings (SSSR count). The van der Waals surface area contributed by atoms with E-state index in [0.717, 1.165) is 25.7 Å². The summed E-state index contributed by atoms with van der Waals surface area (Å²) in [6, 6.07) is 10.2. The summed E-state index contributed by atoms with van der Waals surface area (Å²) in [5.74, 6) is -0.127. The van der Waals surface area contributed by atoms with Crippen LogP contribution in [-0.4, -0.2) is 35.8 Å². The number of nitrogens with zero attached hydrogens (tertiary/aromatic N) is 1. The van der Waals surface area contributed by atoms with Gasteiger partial charge in [0.05, 0.1) is 6.54 Å². The van der Waals surface area contributed by atoms with Crippen molar-refractivity contribution in [1.82, 2.24) is 10.2 Å². The zero-order valence-corrected chi connectivity index (χ0v) is 13.1. The van der Waals surface area contributed by atoms with Gasteiger partial charge in [-0.1, -0.05) is 42.5 Å². The first-order valence-electron chi connectivity index (χ1n) is 7.89. The Bertz CT molecular complexity index is 525. The van der Waals surface area contributed by atoms with Crippen LogP contribution in [0.1, 0.15) is 31.7 Å². The van der Waals surface area contributed by atoms with Gasteiger partial charge in [0.25, 0.3) is 0 Å². The summed E-state index contributed by atoms with van der Waals surface area (Å²) in [5, 5.41) is 3.02. The number of carbonyl (C=O) groups excluding carboxylic acids is 2. The van der Waals surface area contributed by atoms with Crippen LogP contribution >= 0.6 is 0 Å². The van der Waals surface area contributed by atoms with Crippen molar-refractivity contribution >= 4 is 11.8 Å². The van der Waals surface area contributed by atoms with E-state index < -0.39 is 0 Å². The number of amides is 2. The minimum Gasteiger partial charge on any atom is -0.352 e. The lowest BCUT2D eigenvalue weighted by Crippen LogP contribution is -2.44. The normalized spacial score (nSPS) is 17.0. The molecular formula is C18H24N2O2. The van der Waals surface area contributed by atoms with Crippen LogP contribution in [-0.2, 0) is 16.0 Å². The topological polar surface area (TPSA) is 49.4 Å². The van der Waals surface area contributed by atoms with Crippen LogP contribution in [0.3, 0.4) is 0 Å². The minimum atomic E-state index is -0.0661. The number of allylic oxidation sites excluding steroid dienone is 1. The van der Waals surface area contributed by atoms with E-state index in [9.17, 15) is 9.59 Å². The first-order chi connectivity index (χ1) is 10.6. The Labute approximate surface area is 132 Å². The zero-order valence-electron chi connectivity index (χ0n) is 13.1. The average Bonchev–Trinajstić information content (AvgIpc) is 2.53. The zero-order chi connectivity index (χ0) is 15.8. The van der Waals surface area contributed by atoms with Crippen molar-refractivity contribution in [3.63, 3.8) is 0 Å². The molecule has 1 atom stereocenters. The quantitative estimate of drug-likeness (QED) is 0.820. The van der Waals surface area contributed by atoms with E-state index in [1.807, 2.05) is 30.3 Å². The van der Waals surface area contributed by atoms with Crippen molar-refractivity contribution in [3.05, 3.63) is 48.0 Å². The molecule has 1 aromatic rings. The molecule has 1 aromatic carbocycles. The first-order valence-corrected chi connectivity index (χ1v) is 7.89. The Morgan fingerprint density at radius 2 is 2.00 bits per heavy atom. The molecule has 4 heteroatoms. The second kappa shape index (κ2) is 8.37. The third kappa shape index (κ3) is 5.35. The van der Waals surface area contributed by atoms with E-state index in [-0.39, 0.29) is 24.4 Å². The van der Waals surface area contributed by atoms with Crippen molar-refractivity contribution in [1.29, 1.82) is 0 Å². The summed E-state index contributed by atoms with van der Waals surface area (Å²) in [7, 11) is 0. The standard InChI is InChI=1S/C18H24N2O2/c1-15(21)20(13-12-16-8-4-2-5-9-16)14-18(22)19-17-10-6-3-7-11-17/h2-6,8-9,17H,7,10-14H2,1H3,(H,19,22)/t17-/m1/s1. The molecule has 22 heavy (non-hydrogen) atoms. The monoisotopic (exact) mass is 300 g/mol. The highest BCUT2D eigenvalue weighted by molar-refractivity contribution is 5.83. The predicted octanol–water partition coefficient (Wildman–Crippen LogP) is 2.30. The van der Waals surface area contributed by atoms with E-state index >= 15 is 0 Å². The summed E-state index contributed by atoms with van der Waals surface area (Å²) < 4.78 is 0. The highest BCUT2D eigenvalue weighted by Crippen LogP contribution is 2.10. The molecule has 1 aliphatic rings. The van der Waals surface area contributed by atoms with Gasteiger partial charge in [-0.3, -0.25) is 9.59 Å². The number of carbonyl (C=O) groups is 2. The van der Waals surface area contributed by atoms with Crippen molar-refractivity contribution < 1.29 is 9.59 Å². The van der Waals surface area contributed by atoms with Crippen LogP contribution in [0, 0.1) is 0 Å². The molecule has 0 saturated carbocycles. The molecule has 0 heterocycles. The number of benzene rings is 1. The fourth-order valence-corrected chi connectivity index (χ4v) is 2.63. The maximum Gasteiger partial charge on any atom is 0.239 e. The van der Waals surface area contributed by atoms with Gasteiger partial charge in [-0.2, -0.15) is 0 Å². The lowest BCUT2D eigenvalue weighted by atomic mass is 10.0. The highest BCUT2D eigenvalue weighted by Gasteiger charge is 2.17. The number of hydrogen-bond acceptors (Lipinski definition) is 2. The SMILES string of the molecule is CC(=O)N(CCc1ccccc1)CC(=O)N[C@@H]1CC=CCC1. The number of rotatable bonds is 6. The molecule has 0 unspecified atom stereocenters. The van der Waals surface area contributed by atoms with Crippen LogP contribution in [0.5, 0.6) is 0 Å². The van der Waals surface area contributed by atoms with Crippen molar-refractivity contribution in [2.75, 3.05) is 13.1 Å². The Balaban J connectivity index is 1.81. The fraction of sp³-hybridized carbons (Fsp3) is 0.444. The third-order valence-electron chi connectivity index (χ3n) is 3.93. The largest absolute Gasteiger partial charge is 0.352 e. The molecule has 0 spiro atoms. The molecular weight excluding hydrogens is 276 g/mol. The molecule has 0 aromatic heterocycles. The summed E-state index contributed by atoms with van der Waals surface area (Å²) in [4.78, 5) is 25.4. The fourth-order valence-electron chi connectivity index (χ4n) is 2.63. The second-order valence-corrected chi connectivity index (χ2v) is 5.73. The first kappa shape index (κ1) is 16.3. The van der Waals surface area contributed by atoms with Gasteiger partial charge in [0.1, 0.15) is 0 Å². The maximum atomic E-state index is 12.1. The van der Waals surface area contributed by atoms with Crippen LogP contribution < -0.4 is 5.32 Å². The second-order valence-electron chi connectivity index (χ2n) is 5.73. The van der Waals surface area contributed by atoms with Crippen LogP contribution in [0.15, 0.2) is 42.5 Å². The van der Waals surface area contributed by atoms with Crippen molar-refractivity contribution in [2.24, 2.45) is 0 Å². The highest BCUT2D eigenvalue weighted by atomic mass is 16.2. The maximum absolute atomic E-state index is 12.1. The molecule has 2 amide bonds. The van der Waals surface area contributed by atoms with Crippen molar-refractivity contribution in [3.8, 4) is 0 Å². The van der Waals surface area contributed by atoms with Gasteiger partial charge in [0.15, 0.2) is 0 Å². The van der Waals surface area contributed by atoms with Gasteiger partial charge in [-0.25, -0.2) is 0 Å². The van der Waals surface area contributed by atoms with Gasteiger partial charge in [0, 0.05) is 19.5 Å². The molecule has 4 nitrogen and oxygen atoms in total. The predicted molar refractivity (Wildman–Crippen MR) is 87.3 cm³/mol. The average molecular weight is 300 g/mol. The molecule has 118 valence electrons. The lowest BCUT2D eigenvalue weighted by Gasteiger charge is -2.24. The smallest absolute Gasteiger partial charge is 0.239 e. The van der Waals surface area contributed by atoms with Gasteiger partial charge in [-0.05, 0) is 31.2 Å². The Kier molecular flexibility index (Phi) is 6.19.